The van der Waals surface area contributed by atoms with Crippen LogP contribution in [0.15, 0.2) is 72.8 Å². The van der Waals surface area contributed by atoms with Crippen LogP contribution in [0.25, 0.3) is 11.1 Å². The summed E-state index contributed by atoms with van der Waals surface area (Å²) in [5.74, 6) is -1.46. The van der Waals surface area contributed by atoms with Gasteiger partial charge in [-0.3, -0.25) is 9.59 Å². The largest absolute Gasteiger partial charge is 0.380 e. The molecule has 3 aromatic carbocycles. The van der Waals surface area contributed by atoms with E-state index in [1.807, 2.05) is 48.5 Å². The average molecular weight is 521 g/mol. The number of aryl methyl sites for hydroxylation is 1. The zero-order chi connectivity index (χ0) is 26.4. The number of carbonyl (C=O) groups is 2. The van der Waals surface area contributed by atoms with E-state index in [0.717, 1.165) is 42.4 Å². The van der Waals surface area contributed by atoms with E-state index in [4.69, 9.17) is 11.6 Å². The summed E-state index contributed by atoms with van der Waals surface area (Å²) in [5, 5.41) is 24.2. The van der Waals surface area contributed by atoms with Gasteiger partial charge in [-0.1, -0.05) is 85.6 Å². The molecule has 3 atom stereocenters. The molecule has 6 nitrogen and oxygen atoms in total. The van der Waals surface area contributed by atoms with Crippen LogP contribution in [0.4, 0.5) is 0 Å². The van der Waals surface area contributed by atoms with Crippen molar-refractivity contribution in [1.29, 1.82) is 0 Å². The highest BCUT2D eigenvalue weighted by Gasteiger charge is 2.38. The first-order chi connectivity index (χ1) is 17.9. The van der Waals surface area contributed by atoms with Gasteiger partial charge in [0, 0.05) is 18.1 Å². The van der Waals surface area contributed by atoms with Crippen LogP contribution in [-0.4, -0.2) is 45.7 Å². The Morgan fingerprint density at radius 3 is 2.51 bits per heavy atom. The van der Waals surface area contributed by atoms with Gasteiger partial charge in [-0.2, -0.15) is 0 Å². The van der Waals surface area contributed by atoms with Crippen molar-refractivity contribution in [3.8, 4) is 11.1 Å². The summed E-state index contributed by atoms with van der Waals surface area (Å²) in [7, 11) is 0. The van der Waals surface area contributed by atoms with Crippen LogP contribution >= 0.6 is 11.6 Å². The maximum Gasteiger partial charge on any atom is 0.255 e. The Morgan fingerprint density at radius 1 is 1.03 bits per heavy atom. The number of rotatable bonds is 9. The molecule has 0 unspecified atom stereocenters. The number of halogens is 1. The van der Waals surface area contributed by atoms with Crippen LogP contribution in [-0.2, 0) is 22.6 Å². The maximum absolute atomic E-state index is 13.0. The fourth-order valence-electron chi connectivity index (χ4n) is 4.92. The predicted octanol–water partition coefficient (Wildman–Crippen LogP) is 4.66. The van der Waals surface area contributed by atoms with Crippen molar-refractivity contribution in [3.05, 3.63) is 94.5 Å². The van der Waals surface area contributed by atoms with Gasteiger partial charge in [0.25, 0.3) is 11.8 Å². The molecule has 7 heteroatoms. The topological polar surface area (TPSA) is 89.9 Å². The summed E-state index contributed by atoms with van der Waals surface area (Å²) < 4.78 is 0. The number of hydrogen-bond donors (Lipinski definition) is 3. The van der Waals surface area contributed by atoms with Crippen LogP contribution < -0.4 is 5.32 Å². The van der Waals surface area contributed by atoms with Crippen molar-refractivity contribution in [2.24, 2.45) is 0 Å². The van der Waals surface area contributed by atoms with Gasteiger partial charge in [0.1, 0.15) is 0 Å². The highest BCUT2D eigenvalue weighted by atomic mass is 35.5. The molecule has 2 amide bonds. The van der Waals surface area contributed by atoms with Crippen molar-refractivity contribution in [2.75, 3.05) is 6.54 Å². The highest BCUT2D eigenvalue weighted by molar-refractivity contribution is 6.30. The molecule has 0 saturated carbocycles. The molecule has 1 heterocycles. The molecule has 1 saturated heterocycles. The highest BCUT2D eigenvalue weighted by Crippen LogP contribution is 2.33. The molecule has 0 spiro atoms. The molecule has 1 fully saturated rings. The molecular formula is C30H33ClN2O4. The molecule has 0 bridgehead atoms. The van der Waals surface area contributed by atoms with E-state index in [-0.39, 0.29) is 12.6 Å². The number of aliphatic hydroxyl groups is 2. The molecule has 37 heavy (non-hydrogen) atoms. The third-order valence-corrected chi connectivity index (χ3v) is 7.09. The fraction of sp³-hybridized carbons (Fsp3) is 0.333. The molecule has 0 aliphatic carbocycles. The second-order valence-electron chi connectivity index (χ2n) is 9.46. The number of nitrogens with zero attached hydrogens (tertiary/aromatic N) is 1. The van der Waals surface area contributed by atoms with Gasteiger partial charge in [0.2, 0.25) is 0 Å². The zero-order valence-corrected chi connectivity index (χ0v) is 21.7. The Kier molecular flexibility index (Phi) is 8.98. The summed E-state index contributed by atoms with van der Waals surface area (Å²) in [4.78, 5) is 27.1. The lowest BCUT2D eigenvalue weighted by Crippen LogP contribution is -2.50. The van der Waals surface area contributed by atoms with Gasteiger partial charge in [-0.25, -0.2) is 0 Å². The molecule has 0 aromatic heterocycles. The molecule has 1 aliphatic rings. The second-order valence-corrected chi connectivity index (χ2v) is 9.89. The Bertz CT molecular complexity index is 1230. The standard InChI is InChI=1S/C30H33ClN2O4/c1-2-7-21-8-3-4-11-25(21)22-15-13-20(14-16-22)19-32-29(36)27(34)28(35)30(37)33-17-6-12-26(33)23-9-5-10-24(31)18-23/h3-5,8-11,13-16,18,26-28,34-35H,2,6-7,12,17,19H2,1H3,(H,32,36)/t26-,27-,28-/m1/s1. The van der Waals surface area contributed by atoms with Gasteiger partial charge in [-0.15, -0.1) is 0 Å². The first kappa shape index (κ1) is 26.9. The average Bonchev–Trinajstić information content (AvgIpc) is 3.41. The fourth-order valence-corrected chi connectivity index (χ4v) is 5.12. The smallest absolute Gasteiger partial charge is 0.255 e. The number of aliphatic hydroxyl groups excluding tert-OH is 2. The van der Waals surface area contributed by atoms with E-state index in [2.05, 4.69) is 24.4 Å². The van der Waals surface area contributed by atoms with E-state index in [1.54, 1.807) is 12.1 Å². The maximum atomic E-state index is 13.0. The van der Waals surface area contributed by atoms with Gasteiger partial charge in [0.15, 0.2) is 12.2 Å². The third kappa shape index (κ3) is 6.39. The number of benzene rings is 3. The van der Waals surface area contributed by atoms with E-state index in [0.29, 0.717) is 11.6 Å². The summed E-state index contributed by atoms with van der Waals surface area (Å²) in [6, 6.07) is 23.2. The van der Waals surface area contributed by atoms with Gasteiger partial charge in [0.05, 0.1) is 6.04 Å². The second kappa shape index (κ2) is 12.4. The predicted molar refractivity (Wildman–Crippen MR) is 145 cm³/mol. The van der Waals surface area contributed by atoms with Crippen LogP contribution in [0.2, 0.25) is 5.02 Å². The van der Waals surface area contributed by atoms with Crippen LogP contribution in [0.3, 0.4) is 0 Å². The van der Waals surface area contributed by atoms with E-state index in [1.165, 1.54) is 16.0 Å². The number of likely N-dealkylation sites (tertiary alicyclic amines) is 1. The lowest BCUT2D eigenvalue weighted by Gasteiger charge is -2.28. The van der Waals surface area contributed by atoms with Crippen LogP contribution in [0, 0.1) is 0 Å². The van der Waals surface area contributed by atoms with Crippen LogP contribution in [0.5, 0.6) is 0 Å². The molecule has 194 valence electrons. The van der Waals surface area contributed by atoms with E-state index >= 15 is 0 Å². The minimum absolute atomic E-state index is 0.169. The quantitative estimate of drug-likeness (QED) is 0.383. The summed E-state index contributed by atoms with van der Waals surface area (Å²) >= 11 is 6.10. The van der Waals surface area contributed by atoms with Crippen molar-refractivity contribution in [3.63, 3.8) is 0 Å². The molecule has 3 aromatic rings. The SMILES string of the molecule is CCCc1ccccc1-c1ccc(CNC(=O)[C@H](O)[C@@H](O)C(=O)N2CCC[C@@H]2c2cccc(Cl)c2)cc1. The Labute approximate surface area is 222 Å². The first-order valence-corrected chi connectivity index (χ1v) is 13.1. The number of amides is 2. The molecule has 1 aliphatic heterocycles. The van der Waals surface area contributed by atoms with E-state index < -0.39 is 24.0 Å². The lowest BCUT2D eigenvalue weighted by molar-refractivity contribution is -0.153. The van der Waals surface area contributed by atoms with Crippen LogP contribution in [0.1, 0.15) is 48.9 Å². The number of nitrogens with one attached hydrogen (secondary N) is 1. The van der Waals surface area contributed by atoms with Crippen molar-refractivity contribution in [2.45, 2.75) is 57.4 Å². The Morgan fingerprint density at radius 2 is 1.78 bits per heavy atom. The van der Waals surface area contributed by atoms with Crippen molar-refractivity contribution < 1.29 is 19.8 Å². The monoisotopic (exact) mass is 520 g/mol. The lowest BCUT2D eigenvalue weighted by atomic mass is 9.96. The summed E-state index contributed by atoms with van der Waals surface area (Å²) in [5.41, 5.74) is 5.29. The van der Waals surface area contributed by atoms with Crippen molar-refractivity contribution >= 4 is 23.4 Å². The van der Waals surface area contributed by atoms with Gasteiger partial charge >= 0.3 is 0 Å². The van der Waals surface area contributed by atoms with Crippen molar-refractivity contribution in [1.82, 2.24) is 10.2 Å². The van der Waals surface area contributed by atoms with Gasteiger partial charge in [-0.05, 0) is 59.2 Å². The molecule has 4 rings (SSSR count). The Hall–Kier alpha value is -3.19. The number of carbonyl (C=O) groups excluding carboxylic acids is 2. The number of hydrogen-bond acceptors (Lipinski definition) is 4. The minimum atomic E-state index is -1.87. The molecule has 0 radical (unpaired) electrons. The molecule has 3 N–H and O–H groups in total. The third-order valence-electron chi connectivity index (χ3n) is 6.86. The first-order valence-electron chi connectivity index (χ1n) is 12.8. The Balaban J connectivity index is 1.35. The molecular weight excluding hydrogens is 488 g/mol. The normalized spacial score (nSPS) is 16.9. The zero-order valence-electron chi connectivity index (χ0n) is 20.9. The summed E-state index contributed by atoms with van der Waals surface area (Å²) in [6.07, 6.45) is -0.164. The van der Waals surface area contributed by atoms with Gasteiger partial charge < -0.3 is 20.4 Å². The van der Waals surface area contributed by atoms with E-state index in [9.17, 15) is 19.8 Å². The minimum Gasteiger partial charge on any atom is -0.380 e. The summed E-state index contributed by atoms with van der Waals surface area (Å²) in [6.45, 7) is 2.77.